The zero-order valence-electron chi connectivity index (χ0n) is 24.9. The molecule has 2 aliphatic heterocycles. The van der Waals surface area contributed by atoms with Crippen LogP contribution in [-0.4, -0.2) is 64.1 Å². The maximum atomic E-state index is 14.5. The molecule has 0 bridgehead atoms. The van der Waals surface area contributed by atoms with E-state index in [9.17, 15) is 14.0 Å². The molecule has 0 saturated carbocycles. The van der Waals surface area contributed by atoms with Crippen molar-refractivity contribution < 1.29 is 28.2 Å². The predicted octanol–water partition coefficient (Wildman–Crippen LogP) is 5.61. The first-order valence-electron chi connectivity index (χ1n) is 14.9. The molecule has 4 heterocycles. The topological polar surface area (TPSA) is 95.8 Å². The lowest BCUT2D eigenvalue weighted by Gasteiger charge is -2.29. The maximum Gasteiger partial charge on any atom is 0.337 e. The van der Waals surface area contributed by atoms with Crippen LogP contribution in [0.5, 0.6) is 5.88 Å². The highest BCUT2D eigenvalue weighted by molar-refractivity contribution is 5.96. The van der Waals surface area contributed by atoms with Gasteiger partial charge in [0.2, 0.25) is 5.88 Å². The van der Waals surface area contributed by atoms with Crippen molar-refractivity contribution in [2.75, 3.05) is 26.8 Å². The van der Waals surface area contributed by atoms with Gasteiger partial charge in [-0.2, -0.15) is 0 Å². The number of ether oxygens (including phenoxy) is 3. The van der Waals surface area contributed by atoms with Crippen LogP contribution < -0.4 is 4.74 Å². The molecule has 1 atom stereocenters. The Balaban J connectivity index is 1.13. The molecule has 0 aliphatic carbocycles. The van der Waals surface area contributed by atoms with Crippen LogP contribution in [0.15, 0.2) is 60.7 Å². The minimum atomic E-state index is -0.465. The highest BCUT2D eigenvalue weighted by Crippen LogP contribution is 2.27. The number of hydrogen-bond donors (Lipinski definition) is 0. The van der Waals surface area contributed by atoms with E-state index in [0.717, 1.165) is 60.7 Å². The number of fused-ring (bicyclic) bond motifs is 1. The van der Waals surface area contributed by atoms with Gasteiger partial charge in [-0.3, -0.25) is 9.69 Å². The molecule has 9 nitrogen and oxygen atoms in total. The minimum absolute atomic E-state index is 0.0176. The average Bonchev–Trinajstić information content (AvgIpc) is 3.37. The van der Waals surface area contributed by atoms with Crippen LogP contribution in [0.1, 0.15) is 64.0 Å². The summed E-state index contributed by atoms with van der Waals surface area (Å²) in [5.41, 5.74) is 4.93. The highest BCUT2D eigenvalue weighted by Gasteiger charge is 2.24. The second-order valence-electron chi connectivity index (χ2n) is 11.1. The number of halogens is 1. The number of carbonyl (C=O) groups excluding carboxylic acids is 2. The standard InChI is InChI=1S/C34H35FN4O5/c1-3-31(40)23-7-8-25(27(35)17-23)21-44-33-6-4-5-28(37-33)22-11-14-38(15-12-22)20-32-36-29-10-9-24(34(41)42-2)18-30(29)39(32)19-26-13-16-43-26/h4-11,17-18,26H,3,12-16,19-21H2,1-2H3/t26-/m0/s1. The van der Waals surface area contributed by atoms with Crippen LogP contribution in [0.3, 0.4) is 0 Å². The number of aromatic nitrogens is 3. The van der Waals surface area contributed by atoms with Crippen molar-refractivity contribution in [3.8, 4) is 5.88 Å². The largest absolute Gasteiger partial charge is 0.473 e. The zero-order valence-corrected chi connectivity index (χ0v) is 24.9. The third kappa shape index (κ3) is 6.41. The Kier molecular flexibility index (Phi) is 8.81. The fourth-order valence-electron chi connectivity index (χ4n) is 5.53. The van der Waals surface area contributed by atoms with Gasteiger partial charge in [-0.05, 0) is 48.7 Å². The fraction of sp³-hybridized carbons (Fsp3) is 0.353. The number of rotatable bonds is 11. The second kappa shape index (κ2) is 13.1. The molecule has 0 radical (unpaired) electrons. The number of pyridine rings is 1. The predicted molar refractivity (Wildman–Crippen MR) is 163 cm³/mol. The zero-order chi connectivity index (χ0) is 30.6. The average molecular weight is 599 g/mol. The molecule has 228 valence electrons. The van der Waals surface area contributed by atoms with Crippen molar-refractivity contribution in [3.63, 3.8) is 0 Å². The van der Waals surface area contributed by atoms with Gasteiger partial charge in [0.25, 0.3) is 0 Å². The molecule has 6 rings (SSSR count). The van der Waals surface area contributed by atoms with E-state index in [-0.39, 0.29) is 24.5 Å². The van der Waals surface area contributed by atoms with Gasteiger partial charge < -0.3 is 18.8 Å². The summed E-state index contributed by atoms with van der Waals surface area (Å²) in [5, 5.41) is 0. The summed E-state index contributed by atoms with van der Waals surface area (Å²) in [6.45, 7) is 5.43. The molecule has 2 aromatic heterocycles. The third-order valence-corrected chi connectivity index (χ3v) is 8.21. The van der Waals surface area contributed by atoms with Crippen molar-refractivity contribution in [3.05, 3.63) is 94.7 Å². The van der Waals surface area contributed by atoms with E-state index in [1.165, 1.54) is 13.2 Å². The third-order valence-electron chi connectivity index (χ3n) is 8.21. The minimum Gasteiger partial charge on any atom is -0.473 e. The summed E-state index contributed by atoms with van der Waals surface area (Å²) in [7, 11) is 1.38. The Morgan fingerprint density at radius 1 is 1.09 bits per heavy atom. The molecule has 1 fully saturated rings. The number of ketones is 1. The smallest absolute Gasteiger partial charge is 0.337 e. The number of methoxy groups -OCH3 is 1. The SMILES string of the molecule is CCC(=O)c1ccc(COc2cccc(C3=CCN(Cc4nc5ccc(C(=O)OC)cc5n4C[C@@H]4CCO4)CC3)n2)c(F)c1. The van der Waals surface area contributed by atoms with Gasteiger partial charge >= 0.3 is 5.97 Å². The van der Waals surface area contributed by atoms with Crippen LogP contribution >= 0.6 is 0 Å². The number of benzene rings is 2. The molecule has 0 unspecified atom stereocenters. The van der Waals surface area contributed by atoms with Crippen molar-refractivity contribution in [1.29, 1.82) is 0 Å². The van der Waals surface area contributed by atoms with Crippen molar-refractivity contribution >= 4 is 28.4 Å². The Labute approximate surface area is 255 Å². The van der Waals surface area contributed by atoms with Crippen molar-refractivity contribution in [2.24, 2.45) is 0 Å². The van der Waals surface area contributed by atoms with Gasteiger partial charge in [0.1, 0.15) is 18.2 Å². The van der Waals surface area contributed by atoms with Crippen molar-refractivity contribution in [1.82, 2.24) is 19.4 Å². The number of carbonyl (C=O) groups is 2. The molecule has 10 heteroatoms. The Bertz CT molecular complexity index is 1730. The number of hydrogen-bond acceptors (Lipinski definition) is 8. The Morgan fingerprint density at radius 3 is 2.64 bits per heavy atom. The van der Waals surface area contributed by atoms with Gasteiger partial charge in [-0.15, -0.1) is 0 Å². The summed E-state index contributed by atoms with van der Waals surface area (Å²) in [6.07, 6.45) is 4.45. The lowest BCUT2D eigenvalue weighted by molar-refractivity contribution is -0.0591. The lowest BCUT2D eigenvalue weighted by Crippen LogP contribution is -2.33. The summed E-state index contributed by atoms with van der Waals surface area (Å²) >= 11 is 0. The van der Waals surface area contributed by atoms with Crippen LogP contribution in [0, 0.1) is 5.82 Å². The quantitative estimate of drug-likeness (QED) is 0.163. The van der Waals surface area contributed by atoms with E-state index >= 15 is 0 Å². The Hall–Kier alpha value is -4.41. The molecule has 4 aromatic rings. The molecule has 0 amide bonds. The van der Waals surface area contributed by atoms with Gasteiger partial charge in [0.15, 0.2) is 5.78 Å². The molecule has 44 heavy (non-hydrogen) atoms. The molecule has 0 spiro atoms. The van der Waals surface area contributed by atoms with E-state index in [4.69, 9.17) is 19.2 Å². The van der Waals surface area contributed by atoms with Gasteiger partial charge in [0.05, 0.1) is 48.6 Å². The first kappa shape index (κ1) is 29.7. The highest BCUT2D eigenvalue weighted by atomic mass is 19.1. The molecular formula is C34H35FN4O5. The normalized spacial score (nSPS) is 16.8. The van der Waals surface area contributed by atoms with E-state index in [1.54, 1.807) is 31.2 Å². The fourth-order valence-corrected chi connectivity index (χ4v) is 5.53. The summed E-state index contributed by atoms with van der Waals surface area (Å²) in [6, 6.07) is 15.6. The number of nitrogens with zero attached hydrogens (tertiary/aromatic N) is 4. The number of esters is 1. The van der Waals surface area contributed by atoms with Gasteiger partial charge in [0, 0.05) is 43.3 Å². The van der Waals surface area contributed by atoms with Crippen LogP contribution in [0.4, 0.5) is 4.39 Å². The Morgan fingerprint density at radius 2 is 1.93 bits per heavy atom. The lowest BCUT2D eigenvalue weighted by atomic mass is 10.0. The van der Waals surface area contributed by atoms with E-state index in [0.29, 0.717) is 42.1 Å². The summed E-state index contributed by atoms with van der Waals surface area (Å²) < 4.78 is 33.2. The summed E-state index contributed by atoms with van der Waals surface area (Å²) in [5.74, 6) is 0.414. The number of Topliss-reactive ketones (excluding diaryl/α,β-unsaturated/α-hetero) is 1. The first-order valence-corrected chi connectivity index (χ1v) is 14.9. The van der Waals surface area contributed by atoms with Gasteiger partial charge in [-0.1, -0.05) is 31.2 Å². The van der Waals surface area contributed by atoms with Crippen LogP contribution in [0.25, 0.3) is 16.6 Å². The van der Waals surface area contributed by atoms with Crippen molar-refractivity contribution in [2.45, 2.75) is 52.0 Å². The molecular weight excluding hydrogens is 563 g/mol. The molecule has 1 saturated heterocycles. The molecule has 2 aliphatic rings. The summed E-state index contributed by atoms with van der Waals surface area (Å²) in [4.78, 5) is 36.0. The van der Waals surface area contributed by atoms with E-state index in [2.05, 4.69) is 20.5 Å². The first-order chi connectivity index (χ1) is 21.4. The van der Waals surface area contributed by atoms with Crippen LogP contribution in [-0.2, 0) is 29.2 Å². The van der Waals surface area contributed by atoms with Gasteiger partial charge in [-0.25, -0.2) is 19.2 Å². The monoisotopic (exact) mass is 598 g/mol. The second-order valence-corrected chi connectivity index (χ2v) is 11.1. The molecule has 2 aromatic carbocycles. The van der Waals surface area contributed by atoms with E-state index < -0.39 is 5.82 Å². The molecule has 0 N–H and O–H groups in total. The van der Waals surface area contributed by atoms with E-state index in [1.807, 2.05) is 24.3 Å². The maximum absolute atomic E-state index is 14.5. The number of imidazole rings is 1. The van der Waals surface area contributed by atoms with Crippen LogP contribution in [0.2, 0.25) is 0 Å².